The minimum atomic E-state index is -1.39. The van der Waals surface area contributed by atoms with Crippen LogP contribution < -0.4 is 0 Å². The molecule has 0 saturated carbocycles. The van der Waals surface area contributed by atoms with Crippen LogP contribution in [-0.2, 0) is 21.7 Å². The molecule has 0 amide bonds. The predicted octanol–water partition coefficient (Wildman–Crippen LogP) is 11.7. The Hall–Kier alpha value is -0.876. The fourth-order valence-electron chi connectivity index (χ4n) is 5.19. The van der Waals surface area contributed by atoms with Gasteiger partial charge in [-0.15, -0.1) is 0 Å². The van der Waals surface area contributed by atoms with Gasteiger partial charge in [0.1, 0.15) is 0 Å². The summed E-state index contributed by atoms with van der Waals surface area (Å²) in [5.41, 5.74) is 4.89. The molecule has 200 valence electrons. The van der Waals surface area contributed by atoms with Crippen molar-refractivity contribution in [3.05, 3.63) is 78.6 Å². The summed E-state index contributed by atoms with van der Waals surface area (Å²) in [6, 6.07) is 10.1. The minimum Gasteiger partial charge on any atom is -0.271 e. The molecule has 0 radical (unpaired) electrons. The Morgan fingerprint density at radius 3 is 1.75 bits per heavy atom. The van der Waals surface area contributed by atoms with Gasteiger partial charge < -0.3 is 0 Å². The summed E-state index contributed by atoms with van der Waals surface area (Å²) in [6.07, 6.45) is 25.6. The molecule has 0 N–H and O–H groups in total. The van der Waals surface area contributed by atoms with Crippen molar-refractivity contribution in [1.29, 1.82) is 0 Å². The van der Waals surface area contributed by atoms with Gasteiger partial charge in [0.05, 0.1) is 0 Å². The van der Waals surface area contributed by atoms with Crippen molar-refractivity contribution in [2.75, 3.05) is 0 Å². The van der Waals surface area contributed by atoms with Gasteiger partial charge in [-0.05, 0) is 54.9 Å². The third kappa shape index (κ3) is 12.1. The molecule has 0 spiro atoms. The smallest absolute Gasteiger partial charge is 0.0425 e. The maximum Gasteiger partial charge on any atom is 0.0425 e. The van der Waals surface area contributed by atoms with Crippen molar-refractivity contribution in [2.24, 2.45) is 4.74 Å². The van der Waals surface area contributed by atoms with E-state index < -0.39 is 7.05 Å². The second-order valence-corrected chi connectivity index (χ2v) is 14.6. The molecule has 1 aromatic carbocycles. The van der Waals surface area contributed by atoms with Crippen molar-refractivity contribution in [3.8, 4) is 0 Å². The van der Waals surface area contributed by atoms with Gasteiger partial charge in [-0.2, -0.15) is 0 Å². The number of hydrogen-bond acceptors (Lipinski definition) is 1. The van der Waals surface area contributed by atoms with E-state index in [0.29, 0.717) is 0 Å². The molecule has 2 rings (SSSR count). The van der Waals surface area contributed by atoms with Crippen molar-refractivity contribution < 1.29 is 21.7 Å². The first kappa shape index (κ1) is 35.1. The van der Waals surface area contributed by atoms with E-state index in [1.807, 2.05) is 30.4 Å². The average Bonchev–Trinajstić information content (AvgIpc) is 3.40. The molecule has 1 aliphatic carbocycles. The van der Waals surface area contributed by atoms with Gasteiger partial charge in [-0.25, -0.2) is 0 Å². The maximum absolute atomic E-state index is 5.68. The van der Waals surface area contributed by atoms with Crippen LogP contribution in [0.4, 0.5) is 0 Å². The SMILES string of the molecule is C=CC=Cc1ccccc1.CCCCC(C)P(=NC1=CC=CC1)(C(C)CCCC)C(C)CCCC.[Ti]. The molecule has 0 saturated heterocycles. The van der Waals surface area contributed by atoms with Gasteiger partial charge in [0.2, 0.25) is 0 Å². The first-order valence-corrected chi connectivity index (χ1v) is 16.2. The molecular weight excluding hydrogens is 489 g/mol. The largest absolute Gasteiger partial charge is 0.271 e. The molecule has 1 aliphatic rings. The number of nitrogens with zero attached hydrogens (tertiary/aromatic N) is 1. The Morgan fingerprint density at radius 1 is 0.861 bits per heavy atom. The van der Waals surface area contributed by atoms with Crippen LogP contribution >= 0.6 is 7.05 Å². The van der Waals surface area contributed by atoms with Crippen molar-refractivity contribution in [3.63, 3.8) is 0 Å². The van der Waals surface area contributed by atoms with E-state index in [2.05, 4.69) is 78.5 Å². The van der Waals surface area contributed by atoms with E-state index in [1.54, 1.807) is 6.08 Å². The van der Waals surface area contributed by atoms with Crippen LogP contribution in [0.15, 0.2) is 77.7 Å². The molecule has 0 fully saturated rings. The number of unbranched alkanes of at least 4 members (excludes halogenated alkanes) is 3. The van der Waals surface area contributed by atoms with E-state index in [9.17, 15) is 0 Å². The van der Waals surface area contributed by atoms with E-state index in [0.717, 1.165) is 23.4 Å². The van der Waals surface area contributed by atoms with Crippen molar-refractivity contribution >= 4 is 13.1 Å². The van der Waals surface area contributed by atoms with Crippen molar-refractivity contribution in [2.45, 2.75) is 123 Å². The van der Waals surface area contributed by atoms with Crippen LogP contribution in [0.25, 0.3) is 6.08 Å². The normalized spacial score (nSPS) is 16.7. The number of hydrogen-bond donors (Lipinski definition) is 0. The Balaban J connectivity index is 0.000000930. The molecule has 0 aliphatic heterocycles. The second-order valence-electron chi connectivity index (χ2n) is 10.2. The summed E-state index contributed by atoms with van der Waals surface area (Å²) in [5.74, 6) is 0. The number of rotatable bonds is 15. The molecule has 3 atom stereocenters. The molecule has 36 heavy (non-hydrogen) atoms. The fourth-order valence-corrected chi connectivity index (χ4v) is 10.8. The summed E-state index contributed by atoms with van der Waals surface area (Å²) < 4.78 is 5.68. The molecule has 0 bridgehead atoms. The monoisotopic (exact) mass is 543 g/mol. The van der Waals surface area contributed by atoms with E-state index in [4.69, 9.17) is 4.74 Å². The summed E-state index contributed by atoms with van der Waals surface area (Å²) >= 11 is 0. The van der Waals surface area contributed by atoms with E-state index in [1.165, 1.54) is 69.0 Å². The Kier molecular flexibility index (Phi) is 20.6. The third-order valence-electron chi connectivity index (χ3n) is 7.32. The van der Waals surface area contributed by atoms with Crippen LogP contribution in [0.1, 0.15) is 111 Å². The topological polar surface area (TPSA) is 12.4 Å². The Labute approximate surface area is 240 Å². The number of allylic oxidation sites excluding steroid dienone is 5. The van der Waals surface area contributed by atoms with Gasteiger partial charge >= 0.3 is 0 Å². The minimum absolute atomic E-state index is 0. The second kappa shape index (κ2) is 21.1. The predicted molar refractivity (Wildman–Crippen MR) is 164 cm³/mol. The summed E-state index contributed by atoms with van der Waals surface area (Å²) in [7, 11) is -1.39. The summed E-state index contributed by atoms with van der Waals surface area (Å²) in [4.78, 5) is 0. The van der Waals surface area contributed by atoms with Crippen LogP contribution in [0, 0.1) is 0 Å². The zero-order valence-corrected chi connectivity index (χ0v) is 26.7. The zero-order valence-electron chi connectivity index (χ0n) is 24.3. The Bertz CT molecular complexity index is 794. The van der Waals surface area contributed by atoms with Crippen LogP contribution in [0.2, 0.25) is 0 Å². The van der Waals surface area contributed by atoms with Crippen LogP contribution in [-0.4, -0.2) is 17.0 Å². The molecule has 1 nitrogen and oxygen atoms in total. The molecule has 0 aromatic heterocycles. The van der Waals surface area contributed by atoms with E-state index in [-0.39, 0.29) is 21.7 Å². The third-order valence-corrected chi connectivity index (χ3v) is 12.9. The fraction of sp³-hybridized carbons (Fsp3) is 0.576. The first-order chi connectivity index (χ1) is 17.0. The molecule has 0 heterocycles. The average molecular weight is 544 g/mol. The summed E-state index contributed by atoms with van der Waals surface area (Å²) in [6.45, 7) is 18.2. The van der Waals surface area contributed by atoms with Gasteiger partial charge in [-0.1, -0.05) is 147 Å². The first-order valence-electron chi connectivity index (χ1n) is 14.3. The number of benzene rings is 1. The van der Waals surface area contributed by atoms with Crippen LogP contribution in [0.3, 0.4) is 0 Å². The van der Waals surface area contributed by atoms with Crippen molar-refractivity contribution in [1.82, 2.24) is 0 Å². The van der Waals surface area contributed by atoms with Gasteiger partial charge in [0.25, 0.3) is 0 Å². The standard InChI is InChI=1S/C23H44NP.C10H10.Ti/c1-7-10-15-20(4)25(21(5)16-11-8-2,22(6)17-12-9-3)24-23-18-13-14-19-23;1-2-3-7-10-8-5-4-6-9-10;/h13-14,18,20-22H,7-12,15-17,19H2,1-6H3;2-9H,1H2;. The van der Waals surface area contributed by atoms with E-state index >= 15 is 0 Å². The van der Waals surface area contributed by atoms with Crippen LogP contribution in [0.5, 0.6) is 0 Å². The molecule has 3 unspecified atom stereocenters. The van der Waals surface area contributed by atoms with Gasteiger partial charge in [-0.3, -0.25) is 4.74 Å². The molecule has 1 aromatic rings. The summed E-state index contributed by atoms with van der Waals surface area (Å²) in [5, 5.41) is 0. The zero-order chi connectivity index (χ0) is 25.9. The van der Waals surface area contributed by atoms with Gasteiger partial charge in [0.15, 0.2) is 0 Å². The molecule has 3 heteroatoms. The molecular formula is C33H54NPTi. The quantitative estimate of drug-likeness (QED) is 0.119. The maximum atomic E-state index is 5.68. The Morgan fingerprint density at radius 2 is 1.36 bits per heavy atom. The van der Waals surface area contributed by atoms with Gasteiger partial charge in [0, 0.05) is 33.8 Å².